The van der Waals surface area contributed by atoms with Gasteiger partial charge in [-0.25, -0.2) is 0 Å². The Labute approximate surface area is 79.3 Å². The van der Waals surface area contributed by atoms with Crippen LogP contribution in [0, 0.1) is 0 Å². The van der Waals surface area contributed by atoms with Crippen LogP contribution in [0.3, 0.4) is 0 Å². The number of ether oxygens (including phenoxy) is 1. The van der Waals surface area contributed by atoms with E-state index in [4.69, 9.17) is 4.74 Å². The lowest BCUT2D eigenvalue weighted by Gasteiger charge is -2.22. The summed E-state index contributed by atoms with van der Waals surface area (Å²) in [6.45, 7) is 0.406. The van der Waals surface area contributed by atoms with Crippen molar-refractivity contribution in [2.24, 2.45) is 0 Å². The minimum Gasteiger partial charge on any atom is -0.491 e. The third kappa shape index (κ3) is 1.34. The standard InChI is InChI=1S/C9H9BrO2/c10-8-2-1-3-9-7(8)4-6(11)5-12-9/h1-3,6,11H,4-5H2. The summed E-state index contributed by atoms with van der Waals surface area (Å²) in [5.74, 6) is 0.884. The lowest BCUT2D eigenvalue weighted by Crippen LogP contribution is -2.25. The molecular weight excluding hydrogens is 220 g/mol. The number of halogens is 1. The number of hydrogen-bond acceptors (Lipinski definition) is 2. The van der Waals surface area contributed by atoms with Crippen molar-refractivity contribution in [3.63, 3.8) is 0 Å². The maximum absolute atomic E-state index is 9.33. The highest BCUT2D eigenvalue weighted by Gasteiger charge is 2.18. The van der Waals surface area contributed by atoms with Crippen LogP contribution in [0.1, 0.15) is 5.56 Å². The van der Waals surface area contributed by atoms with Crippen LogP contribution < -0.4 is 4.74 Å². The van der Waals surface area contributed by atoms with Crippen LogP contribution >= 0.6 is 15.9 Å². The van der Waals surface area contributed by atoms with Crippen LogP contribution in [0.5, 0.6) is 5.75 Å². The van der Waals surface area contributed by atoms with Crippen molar-refractivity contribution in [1.82, 2.24) is 0 Å². The van der Waals surface area contributed by atoms with Crippen LogP contribution in [0.2, 0.25) is 0 Å². The summed E-state index contributed by atoms with van der Waals surface area (Å²) in [5.41, 5.74) is 1.07. The molecule has 0 fully saturated rings. The van der Waals surface area contributed by atoms with Gasteiger partial charge in [0.15, 0.2) is 0 Å². The molecule has 2 nitrogen and oxygen atoms in total. The zero-order valence-electron chi connectivity index (χ0n) is 6.46. The van der Waals surface area contributed by atoms with Crippen LogP contribution in [-0.2, 0) is 6.42 Å². The highest BCUT2D eigenvalue weighted by atomic mass is 79.9. The van der Waals surface area contributed by atoms with Crippen molar-refractivity contribution in [3.8, 4) is 5.75 Å². The molecule has 0 saturated heterocycles. The van der Waals surface area contributed by atoms with E-state index in [0.717, 1.165) is 15.8 Å². The summed E-state index contributed by atoms with van der Waals surface area (Å²) in [4.78, 5) is 0. The predicted molar refractivity (Wildman–Crippen MR) is 49.3 cm³/mol. The minimum atomic E-state index is -0.365. The summed E-state index contributed by atoms with van der Waals surface area (Å²) in [7, 11) is 0. The Bertz CT molecular complexity index is 299. The number of rotatable bonds is 0. The van der Waals surface area contributed by atoms with E-state index in [1.165, 1.54) is 0 Å². The van der Waals surface area contributed by atoms with Gasteiger partial charge in [0.05, 0.1) is 6.10 Å². The van der Waals surface area contributed by atoms with E-state index in [0.29, 0.717) is 13.0 Å². The SMILES string of the molecule is OC1COc2cccc(Br)c2C1. The van der Waals surface area contributed by atoms with Crippen LogP contribution in [0.15, 0.2) is 22.7 Å². The molecule has 1 atom stereocenters. The summed E-state index contributed by atoms with van der Waals surface area (Å²) in [6.07, 6.45) is 0.313. The smallest absolute Gasteiger partial charge is 0.123 e. The van der Waals surface area contributed by atoms with Gasteiger partial charge in [0.25, 0.3) is 0 Å². The van der Waals surface area contributed by atoms with Gasteiger partial charge in [-0.3, -0.25) is 0 Å². The topological polar surface area (TPSA) is 29.5 Å². The van der Waals surface area contributed by atoms with Crippen LogP contribution in [0.25, 0.3) is 0 Å². The normalized spacial score (nSPS) is 21.3. The largest absolute Gasteiger partial charge is 0.491 e. The Hall–Kier alpha value is -0.540. The summed E-state index contributed by atoms with van der Waals surface area (Å²) >= 11 is 3.42. The maximum atomic E-state index is 9.33. The molecule has 1 aromatic rings. The second kappa shape index (κ2) is 3.07. The van der Waals surface area contributed by atoms with Crippen LogP contribution in [0.4, 0.5) is 0 Å². The number of fused-ring (bicyclic) bond motifs is 1. The third-order valence-corrected chi connectivity index (χ3v) is 2.69. The van der Waals surface area contributed by atoms with Gasteiger partial charge in [-0.2, -0.15) is 0 Å². The van der Waals surface area contributed by atoms with Gasteiger partial charge in [0, 0.05) is 16.5 Å². The second-order valence-electron chi connectivity index (χ2n) is 2.89. The van der Waals surface area contributed by atoms with Gasteiger partial charge in [0.1, 0.15) is 12.4 Å². The third-order valence-electron chi connectivity index (χ3n) is 1.95. The van der Waals surface area contributed by atoms with Gasteiger partial charge < -0.3 is 9.84 Å². The fourth-order valence-corrected chi connectivity index (χ4v) is 1.86. The van der Waals surface area contributed by atoms with Gasteiger partial charge in [0.2, 0.25) is 0 Å². The van der Waals surface area contributed by atoms with E-state index in [1.54, 1.807) is 0 Å². The van der Waals surface area contributed by atoms with Gasteiger partial charge in [-0.15, -0.1) is 0 Å². The first kappa shape index (κ1) is 8.08. The molecule has 0 saturated carbocycles. The molecule has 1 aromatic carbocycles. The fourth-order valence-electron chi connectivity index (χ4n) is 1.35. The average Bonchev–Trinajstić information content (AvgIpc) is 2.07. The number of aliphatic hydroxyl groups is 1. The quantitative estimate of drug-likeness (QED) is 0.734. The van der Waals surface area contributed by atoms with E-state index >= 15 is 0 Å². The highest BCUT2D eigenvalue weighted by Crippen LogP contribution is 2.30. The molecule has 12 heavy (non-hydrogen) atoms. The zero-order chi connectivity index (χ0) is 8.55. The van der Waals surface area contributed by atoms with Gasteiger partial charge in [-0.1, -0.05) is 22.0 Å². The van der Waals surface area contributed by atoms with Crippen molar-refractivity contribution in [1.29, 1.82) is 0 Å². The highest BCUT2D eigenvalue weighted by molar-refractivity contribution is 9.10. The predicted octanol–water partition coefficient (Wildman–Crippen LogP) is 1.74. The molecular formula is C9H9BrO2. The first-order valence-corrected chi connectivity index (χ1v) is 4.65. The minimum absolute atomic E-state index is 0.365. The van der Waals surface area contributed by atoms with E-state index in [1.807, 2.05) is 18.2 Å². The number of aliphatic hydroxyl groups excluding tert-OH is 1. The van der Waals surface area contributed by atoms with Crippen molar-refractivity contribution >= 4 is 15.9 Å². The van der Waals surface area contributed by atoms with E-state index < -0.39 is 0 Å². The molecule has 0 amide bonds. The van der Waals surface area contributed by atoms with Gasteiger partial charge >= 0.3 is 0 Å². The molecule has 1 unspecified atom stereocenters. The number of hydrogen-bond donors (Lipinski definition) is 1. The van der Waals surface area contributed by atoms with Crippen molar-refractivity contribution in [2.75, 3.05) is 6.61 Å². The number of benzene rings is 1. The van der Waals surface area contributed by atoms with E-state index in [-0.39, 0.29) is 6.10 Å². The molecule has 0 aromatic heterocycles. The Balaban J connectivity index is 2.43. The molecule has 0 radical (unpaired) electrons. The van der Waals surface area contributed by atoms with Crippen LogP contribution in [-0.4, -0.2) is 17.8 Å². The summed E-state index contributed by atoms with van der Waals surface area (Å²) in [5, 5.41) is 9.33. The Morgan fingerprint density at radius 1 is 1.50 bits per heavy atom. The van der Waals surface area contributed by atoms with Gasteiger partial charge in [-0.05, 0) is 12.1 Å². The molecule has 1 aliphatic heterocycles. The fraction of sp³-hybridized carbons (Fsp3) is 0.333. The summed E-state index contributed by atoms with van der Waals surface area (Å²) < 4.78 is 6.35. The van der Waals surface area contributed by atoms with Crippen molar-refractivity contribution < 1.29 is 9.84 Å². The molecule has 1 aliphatic rings. The van der Waals surface area contributed by atoms with E-state index in [9.17, 15) is 5.11 Å². The first-order chi connectivity index (χ1) is 5.77. The molecule has 2 rings (SSSR count). The maximum Gasteiger partial charge on any atom is 0.123 e. The first-order valence-electron chi connectivity index (χ1n) is 3.85. The van der Waals surface area contributed by atoms with E-state index in [2.05, 4.69) is 15.9 Å². The molecule has 1 heterocycles. The van der Waals surface area contributed by atoms with Crippen molar-refractivity contribution in [3.05, 3.63) is 28.2 Å². The Morgan fingerprint density at radius 2 is 2.33 bits per heavy atom. The average molecular weight is 229 g/mol. The molecule has 0 aliphatic carbocycles. The second-order valence-corrected chi connectivity index (χ2v) is 3.74. The Kier molecular flexibility index (Phi) is 2.07. The summed E-state index contributed by atoms with van der Waals surface area (Å²) in [6, 6.07) is 5.81. The molecule has 1 N–H and O–H groups in total. The van der Waals surface area contributed by atoms with Crippen molar-refractivity contribution in [2.45, 2.75) is 12.5 Å². The monoisotopic (exact) mass is 228 g/mol. The zero-order valence-corrected chi connectivity index (χ0v) is 8.04. The lowest BCUT2D eigenvalue weighted by atomic mass is 10.1. The molecule has 3 heteroatoms. The molecule has 64 valence electrons. The molecule has 0 spiro atoms. The lowest BCUT2D eigenvalue weighted by molar-refractivity contribution is 0.0918. The Morgan fingerprint density at radius 3 is 3.17 bits per heavy atom. The molecule has 0 bridgehead atoms.